The molecule has 1 atom stereocenters. The Morgan fingerprint density at radius 1 is 1.21 bits per heavy atom. The number of halogens is 2. The highest BCUT2D eigenvalue weighted by atomic mass is 35.5. The number of benzene rings is 2. The van der Waals surface area contributed by atoms with E-state index in [-0.39, 0.29) is 11.4 Å². The van der Waals surface area contributed by atoms with Crippen LogP contribution >= 0.6 is 11.6 Å². The Hall–Kier alpha value is -2.16. The summed E-state index contributed by atoms with van der Waals surface area (Å²) in [5.74, 6) is -1.34. The van der Waals surface area contributed by atoms with Gasteiger partial charge in [-0.1, -0.05) is 37.1 Å². The van der Waals surface area contributed by atoms with Gasteiger partial charge in [0.1, 0.15) is 16.8 Å². The summed E-state index contributed by atoms with van der Waals surface area (Å²) in [7, 11) is -4.20. The molecular formula is C19H22ClFN2O4S. The summed E-state index contributed by atoms with van der Waals surface area (Å²) >= 11 is 5.98. The fourth-order valence-electron chi connectivity index (χ4n) is 2.29. The first-order chi connectivity index (χ1) is 13.2. The Bertz CT molecular complexity index is 937. The average molecular weight is 429 g/mol. The van der Waals surface area contributed by atoms with Gasteiger partial charge >= 0.3 is 0 Å². The maximum absolute atomic E-state index is 13.9. The van der Waals surface area contributed by atoms with Crippen molar-refractivity contribution >= 4 is 38.9 Å². The van der Waals surface area contributed by atoms with Crippen molar-refractivity contribution in [1.82, 2.24) is 0 Å². The van der Waals surface area contributed by atoms with Gasteiger partial charge in [0, 0.05) is 11.6 Å². The largest absolute Gasteiger partial charge is 0.369 e. The standard InChI is InChI=1S/C19H22ClFN2O4S/c1-3-4-11-27-13(2)19(24)22-17-12-14(20)9-10-16(17)23-28(25,26)18-8-6-5-7-15(18)21/h5-10,12-13,23H,3-4,11H2,1-2H3,(H,22,24). The van der Waals surface area contributed by atoms with E-state index in [2.05, 4.69) is 10.0 Å². The molecule has 9 heteroatoms. The van der Waals surface area contributed by atoms with E-state index in [0.717, 1.165) is 25.0 Å². The number of carbonyl (C=O) groups is 1. The maximum atomic E-state index is 13.9. The molecule has 0 spiro atoms. The van der Waals surface area contributed by atoms with Crippen LogP contribution in [0.5, 0.6) is 0 Å². The first kappa shape index (κ1) is 22.1. The van der Waals surface area contributed by atoms with Gasteiger partial charge in [-0.05, 0) is 43.7 Å². The smallest absolute Gasteiger partial charge is 0.264 e. The van der Waals surface area contributed by atoms with Gasteiger partial charge in [-0.25, -0.2) is 12.8 Å². The summed E-state index contributed by atoms with van der Waals surface area (Å²) in [6.45, 7) is 4.04. The van der Waals surface area contributed by atoms with Crippen LogP contribution in [0, 0.1) is 5.82 Å². The van der Waals surface area contributed by atoms with E-state index in [1.807, 2.05) is 6.92 Å². The van der Waals surface area contributed by atoms with Gasteiger partial charge in [-0.15, -0.1) is 0 Å². The number of ether oxygens (including phenoxy) is 1. The predicted octanol–water partition coefficient (Wildman–Crippen LogP) is 4.42. The summed E-state index contributed by atoms with van der Waals surface area (Å²) in [6, 6.07) is 9.25. The lowest BCUT2D eigenvalue weighted by atomic mass is 10.2. The van der Waals surface area contributed by atoms with Crippen LogP contribution in [0.25, 0.3) is 0 Å². The van der Waals surface area contributed by atoms with Crippen LogP contribution < -0.4 is 10.0 Å². The molecule has 2 N–H and O–H groups in total. The Balaban J connectivity index is 2.23. The topological polar surface area (TPSA) is 84.5 Å². The van der Waals surface area contributed by atoms with Gasteiger partial charge in [0.2, 0.25) is 0 Å². The van der Waals surface area contributed by atoms with Gasteiger partial charge in [0.15, 0.2) is 0 Å². The molecule has 1 amide bonds. The Kier molecular flexibility index (Phi) is 7.79. The third kappa shape index (κ3) is 5.92. The van der Waals surface area contributed by atoms with Gasteiger partial charge in [-0.3, -0.25) is 9.52 Å². The van der Waals surface area contributed by atoms with Crippen LogP contribution in [0.3, 0.4) is 0 Å². The van der Waals surface area contributed by atoms with Crippen molar-refractivity contribution in [2.24, 2.45) is 0 Å². The predicted molar refractivity (Wildman–Crippen MR) is 108 cm³/mol. The molecule has 0 bridgehead atoms. The minimum atomic E-state index is -4.20. The fourth-order valence-corrected chi connectivity index (χ4v) is 3.62. The first-order valence-electron chi connectivity index (χ1n) is 8.74. The maximum Gasteiger partial charge on any atom is 0.264 e. The molecule has 0 radical (unpaired) electrons. The summed E-state index contributed by atoms with van der Waals surface area (Å²) in [6.07, 6.45) is 1.02. The quantitative estimate of drug-likeness (QED) is 0.579. The van der Waals surface area contributed by atoms with Crippen molar-refractivity contribution in [2.45, 2.75) is 37.7 Å². The molecule has 0 aliphatic rings. The molecule has 6 nitrogen and oxygen atoms in total. The monoisotopic (exact) mass is 428 g/mol. The number of unbranched alkanes of at least 4 members (excludes halogenated alkanes) is 1. The van der Waals surface area contributed by atoms with Gasteiger partial charge in [0.05, 0.1) is 11.4 Å². The number of anilines is 2. The van der Waals surface area contributed by atoms with E-state index in [1.54, 1.807) is 6.92 Å². The summed E-state index contributed by atoms with van der Waals surface area (Å²) in [5, 5.41) is 2.89. The molecule has 1 unspecified atom stereocenters. The molecule has 2 aromatic carbocycles. The normalized spacial score (nSPS) is 12.4. The molecule has 0 aliphatic carbocycles. The van der Waals surface area contributed by atoms with Crippen molar-refractivity contribution in [1.29, 1.82) is 0 Å². The van der Waals surface area contributed by atoms with Crippen molar-refractivity contribution in [2.75, 3.05) is 16.6 Å². The molecule has 0 fully saturated rings. The molecule has 2 rings (SSSR count). The second kappa shape index (κ2) is 9.86. The lowest BCUT2D eigenvalue weighted by Gasteiger charge is -2.17. The summed E-state index contributed by atoms with van der Waals surface area (Å²) in [5.41, 5.74) is 0.199. The Morgan fingerprint density at radius 3 is 2.61 bits per heavy atom. The number of nitrogens with one attached hydrogen (secondary N) is 2. The van der Waals surface area contributed by atoms with Gasteiger partial charge in [0.25, 0.3) is 15.9 Å². The number of carbonyl (C=O) groups excluding carboxylic acids is 1. The van der Waals surface area contributed by atoms with Crippen LogP contribution in [0.1, 0.15) is 26.7 Å². The van der Waals surface area contributed by atoms with Crippen molar-refractivity contribution in [3.8, 4) is 0 Å². The Labute approximate surface area is 169 Å². The number of hydrogen-bond acceptors (Lipinski definition) is 4. The number of amides is 1. The number of sulfonamides is 1. The SMILES string of the molecule is CCCCOC(C)C(=O)Nc1cc(Cl)ccc1NS(=O)(=O)c1ccccc1F. The second-order valence-corrected chi connectivity index (χ2v) is 8.17. The minimum absolute atomic E-state index is 0.0572. The van der Waals surface area contributed by atoms with E-state index in [4.69, 9.17) is 16.3 Å². The zero-order valence-corrected chi connectivity index (χ0v) is 17.1. The number of hydrogen-bond donors (Lipinski definition) is 2. The van der Waals surface area contributed by atoms with E-state index in [0.29, 0.717) is 11.6 Å². The second-order valence-electron chi connectivity index (χ2n) is 6.08. The first-order valence-corrected chi connectivity index (χ1v) is 10.6. The molecule has 0 heterocycles. The zero-order valence-electron chi connectivity index (χ0n) is 15.5. The highest BCUT2D eigenvalue weighted by Crippen LogP contribution is 2.29. The van der Waals surface area contributed by atoms with Crippen LogP contribution in [-0.4, -0.2) is 27.0 Å². The molecule has 0 aliphatic heterocycles. The number of rotatable bonds is 9. The van der Waals surface area contributed by atoms with Crippen LogP contribution in [0.15, 0.2) is 47.4 Å². The molecule has 28 heavy (non-hydrogen) atoms. The van der Waals surface area contributed by atoms with Crippen molar-refractivity contribution in [3.05, 3.63) is 53.3 Å². The molecule has 0 aromatic heterocycles. The molecule has 0 saturated carbocycles. The minimum Gasteiger partial charge on any atom is -0.369 e. The van der Waals surface area contributed by atoms with Crippen molar-refractivity contribution < 1.29 is 22.3 Å². The average Bonchev–Trinajstić information content (AvgIpc) is 2.64. The lowest BCUT2D eigenvalue weighted by molar-refractivity contribution is -0.126. The highest BCUT2D eigenvalue weighted by Gasteiger charge is 2.21. The zero-order chi connectivity index (χ0) is 20.7. The van der Waals surface area contributed by atoms with E-state index < -0.39 is 32.7 Å². The molecular weight excluding hydrogens is 407 g/mol. The van der Waals surface area contributed by atoms with Crippen molar-refractivity contribution in [3.63, 3.8) is 0 Å². The van der Waals surface area contributed by atoms with Crippen LogP contribution in [-0.2, 0) is 19.6 Å². The van der Waals surface area contributed by atoms with E-state index >= 15 is 0 Å². The van der Waals surface area contributed by atoms with Crippen LogP contribution in [0.2, 0.25) is 5.02 Å². The third-order valence-electron chi connectivity index (χ3n) is 3.84. The van der Waals surface area contributed by atoms with E-state index in [1.165, 1.54) is 30.3 Å². The lowest BCUT2D eigenvalue weighted by Crippen LogP contribution is -2.28. The summed E-state index contributed by atoms with van der Waals surface area (Å²) < 4.78 is 46.7. The molecule has 2 aromatic rings. The Morgan fingerprint density at radius 2 is 1.93 bits per heavy atom. The van der Waals surface area contributed by atoms with Crippen LogP contribution in [0.4, 0.5) is 15.8 Å². The third-order valence-corrected chi connectivity index (χ3v) is 5.48. The van der Waals surface area contributed by atoms with Gasteiger partial charge < -0.3 is 10.1 Å². The molecule has 152 valence electrons. The fraction of sp³-hybridized carbons (Fsp3) is 0.316. The molecule has 0 saturated heterocycles. The summed E-state index contributed by atoms with van der Waals surface area (Å²) in [4.78, 5) is 11.8. The highest BCUT2D eigenvalue weighted by molar-refractivity contribution is 7.92. The van der Waals surface area contributed by atoms with Gasteiger partial charge in [-0.2, -0.15) is 0 Å². The van der Waals surface area contributed by atoms with E-state index in [9.17, 15) is 17.6 Å².